The molecule has 100 valence electrons. The number of benzene rings is 1. The van der Waals surface area contributed by atoms with Crippen LogP contribution in [0.4, 0.5) is 5.69 Å². The lowest BCUT2D eigenvalue weighted by molar-refractivity contribution is -0.116. The maximum atomic E-state index is 11.3. The van der Waals surface area contributed by atoms with Crippen molar-refractivity contribution in [1.29, 1.82) is 0 Å². The number of aromatic nitrogens is 2. The molecule has 0 saturated heterocycles. The predicted octanol–water partition coefficient (Wildman–Crippen LogP) is 1.97. The molecule has 6 heteroatoms. The lowest BCUT2D eigenvalue weighted by Crippen LogP contribution is -2.18. The highest BCUT2D eigenvalue weighted by atomic mass is 16.5. The van der Waals surface area contributed by atoms with Crippen molar-refractivity contribution in [3.8, 4) is 11.8 Å². The summed E-state index contributed by atoms with van der Waals surface area (Å²) in [6, 6.07) is 5.56. The van der Waals surface area contributed by atoms with Crippen LogP contribution in [0.1, 0.15) is 22.3 Å². The summed E-state index contributed by atoms with van der Waals surface area (Å²) in [5.41, 5.74) is 2.22. The molecule has 1 N–H and O–H groups in total. The number of aryl methyl sites for hydroxylation is 1. The van der Waals surface area contributed by atoms with E-state index in [0.717, 1.165) is 11.3 Å². The topological polar surface area (TPSA) is 81.2 Å². The summed E-state index contributed by atoms with van der Waals surface area (Å²) in [5, 5.41) is 2.80. The summed E-state index contributed by atoms with van der Waals surface area (Å²) in [5.74, 6) is 0.623. The largest absolute Gasteiger partial charge is 0.424 e. The van der Waals surface area contributed by atoms with E-state index in [1.54, 1.807) is 12.1 Å². The maximum absolute atomic E-state index is 11.3. The average Bonchev–Trinajstić information content (AvgIpc) is 2.48. The van der Waals surface area contributed by atoms with Gasteiger partial charge in [-0.25, -0.2) is 9.97 Å². The molecule has 0 unspecified atom stereocenters. The van der Waals surface area contributed by atoms with Crippen LogP contribution in [0.3, 0.4) is 0 Å². The van der Waals surface area contributed by atoms with Crippen molar-refractivity contribution >= 4 is 17.9 Å². The highest BCUT2D eigenvalue weighted by Gasteiger charge is 2.15. The zero-order chi connectivity index (χ0) is 13.9. The summed E-state index contributed by atoms with van der Waals surface area (Å²) >= 11 is 0. The van der Waals surface area contributed by atoms with Gasteiger partial charge in [-0.3, -0.25) is 9.59 Å². The van der Waals surface area contributed by atoms with E-state index >= 15 is 0 Å². The van der Waals surface area contributed by atoms with Gasteiger partial charge >= 0.3 is 6.01 Å². The Morgan fingerprint density at radius 3 is 2.75 bits per heavy atom. The summed E-state index contributed by atoms with van der Waals surface area (Å²) in [6.45, 7) is 0. The number of carbonyl (C=O) groups excluding carboxylic acids is 2. The second-order valence-electron chi connectivity index (χ2n) is 4.39. The molecule has 2 heterocycles. The summed E-state index contributed by atoms with van der Waals surface area (Å²) in [4.78, 5) is 29.6. The van der Waals surface area contributed by atoms with Gasteiger partial charge in [0.15, 0.2) is 6.29 Å². The van der Waals surface area contributed by atoms with Crippen LogP contribution in [-0.4, -0.2) is 22.2 Å². The maximum Gasteiger partial charge on any atom is 0.321 e. The SMILES string of the molecule is O=Cc1cnc(Oc2ccc3c(c2)CCC(=O)N3)nc1. The van der Waals surface area contributed by atoms with E-state index in [1.807, 2.05) is 6.07 Å². The van der Waals surface area contributed by atoms with Crippen molar-refractivity contribution in [3.05, 3.63) is 41.7 Å². The molecule has 1 amide bonds. The van der Waals surface area contributed by atoms with Gasteiger partial charge in [0.05, 0.1) is 5.56 Å². The fraction of sp³-hybridized carbons (Fsp3) is 0.143. The minimum Gasteiger partial charge on any atom is -0.424 e. The Morgan fingerprint density at radius 1 is 1.20 bits per heavy atom. The Balaban J connectivity index is 1.80. The lowest BCUT2D eigenvalue weighted by Gasteiger charge is -2.17. The molecule has 6 nitrogen and oxygen atoms in total. The third-order valence-electron chi connectivity index (χ3n) is 2.97. The number of carbonyl (C=O) groups is 2. The first-order chi connectivity index (χ1) is 9.74. The van der Waals surface area contributed by atoms with Crippen molar-refractivity contribution in [2.45, 2.75) is 12.8 Å². The van der Waals surface area contributed by atoms with Crippen LogP contribution in [0, 0.1) is 0 Å². The second kappa shape index (κ2) is 5.08. The average molecular weight is 269 g/mol. The molecule has 0 bridgehead atoms. The Kier molecular flexibility index (Phi) is 3.12. The van der Waals surface area contributed by atoms with Gasteiger partial charge in [0, 0.05) is 24.5 Å². The van der Waals surface area contributed by atoms with Crippen LogP contribution < -0.4 is 10.1 Å². The van der Waals surface area contributed by atoms with Crippen molar-refractivity contribution in [1.82, 2.24) is 9.97 Å². The predicted molar refractivity (Wildman–Crippen MR) is 70.9 cm³/mol. The van der Waals surface area contributed by atoms with Crippen molar-refractivity contribution < 1.29 is 14.3 Å². The van der Waals surface area contributed by atoms with Gasteiger partial charge in [-0.05, 0) is 30.2 Å². The Bertz CT molecular complexity index is 668. The van der Waals surface area contributed by atoms with E-state index in [-0.39, 0.29) is 11.9 Å². The Morgan fingerprint density at radius 2 is 2.00 bits per heavy atom. The number of fused-ring (bicyclic) bond motifs is 1. The van der Waals surface area contributed by atoms with Gasteiger partial charge < -0.3 is 10.1 Å². The van der Waals surface area contributed by atoms with Gasteiger partial charge in [-0.1, -0.05) is 0 Å². The molecule has 1 aromatic carbocycles. The van der Waals surface area contributed by atoms with Crippen LogP contribution in [-0.2, 0) is 11.2 Å². The summed E-state index contributed by atoms with van der Waals surface area (Å²) in [6.07, 6.45) is 4.62. The van der Waals surface area contributed by atoms with E-state index in [1.165, 1.54) is 12.4 Å². The van der Waals surface area contributed by atoms with E-state index in [4.69, 9.17) is 4.74 Å². The number of anilines is 1. The highest BCUT2D eigenvalue weighted by Crippen LogP contribution is 2.28. The van der Waals surface area contributed by atoms with Crippen LogP contribution >= 0.6 is 0 Å². The third kappa shape index (κ3) is 2.49. The number of nitrogens with zero attached hydrogens (tertiary/aromatic N) is 2. The molecule has 0 atom stereocenters. The Labute approximate surface area is 114 Å². The molecule has 0 saturated carbocycles. The quantitative estimate of drug-likeness (QED) is 0.861. The van der Waals surface area contributed by atoms with E-state index in [9.17, 15) is 9.59 Å². The molecule has 0 aliphatic carbocycles. The lowest BCUT2D eigenvalue weighted by atomic mass is 10.0. The first kappa shape index (κ1) is 12.3. The third-order valence-corrected chi connectivity index (χ3v) is 2.97. The molecular formula is C14H11N3O3. The molecule has 3 rings (SSSR count). The zero-order valence-corrected chi connectivity index (χ0v) is 10.5. The second-order valence-corrected chi connectivity index (χ2v) is 4.39. The molecule has 1 aliphatic heterocycles. The molecule has 0 radical (unpaired) electrons. The van der Waals surface area contributed by atoms with Crippen LogP contribution in [0.5, 0.6) is 11.8 Å². The number of ether oxygens (including phenoxy) is 1. The highest BCUT2D eigenvalue weighted by molar-refractivity contribution is 5.94. The number of hydrogen-bond donors (Lipinski definition) is 1. The van der Waals surface area contributed by atoms with Gasteiger partial charge in [0.25, 0.3) is 0 Å². The normalized spacial score (nSPS) is 13.3. The number of hydrogen-bond acceptors (Lipinski definition) is 5. The van der Waals surface area contributed by atoms with Crippen LogP contribution in [0.2, 0.25) is 0 Å². The van der Waals surface area contributed by atoms with E-state index in [0.29, 0.717) is 30.4 Å². The van der Waals surface area contributed by atoms with E-state index < -0.39 is 0 Å². The molecule has 20 heavy (non-hydrogen) atoms. The Hall–Kier alpha value is -2.76. The monoisotopic (exact) mass is 269 g/mol. The van der Waals surface area contributed by atoms with Crippen LogP contribution in [0.25, 0.3) is 0 Å². The van der Waals surface area contributed by atoms with Crippen molar-refractivity contribution in [2.24, 2.45) is 0 Å². The number of aldehydes is 1. The van der Waals surface area contributed by atoms with Gasteiger partial charge in [-0.15, -0.1) is 0 Å². The van der Waals surface area contributed by atoms with Gasteiger partial charge in [0.2, 0.25) is 5.91 Å². The first-order valence-electron chi connectivity index (χ1n) is 6.12. The van der Waals surface area contributed by atoms with E-state index in [2.05, 4.69) is 15.3 Å². The molecule has 0 spiro atoms. The van der Waals surface area contributed by atoms with Gasteiger partial charge in [0.1, 0.15) is 5.75 Å². The molecule has 0 fully saturated rings. The molecule has 1 aliphatic rings. The minimum atomic E-state index is 0.0268. The zero-order valence-electron chi connectivity index (χ0n) is 10.5. The fourth-order valence-electron chi connectivity index (χ4n) is 1.97. The number of amides is 1. The number of nitrogens with one attached hydrogen (secondary N) is 1. The summed E-state index contributed by atoms with van der Waals surface area (Å²) in [7, 11) is 0. The van der Waals surface area contributed by atoms with Crippen molar-refractivity contribution in [2.75, 3.05) is 5.32 Å². The smallest absolute Gasteiger partial charge is 0.321 e. The van der Waals surface area contributed by atoms with Crippen LogP contribution in [0.15, 0.2) is 30.6 Å². The minimum absolute atomic E-state index is 0.0268. The molecular weight excluding hydrogens is 258 g/mol. The fourth-order valence-corrected chi connectivity index (χ4v) is 1.97. The van der Waals surface area contributed by atoms with Gasteiger partial charge in [-0.2, -0.15) is 0 Å². The van der Waals surface area contributed by atoms with Crippen molar-refractivity contribution in [3.63, 3.8) is 0 Å². The molecule has 1 aromatic heterocycles. The summed E-state index contributed by atoms with van der Waals surface area (Å²) < 4.78 is 5.52. The number of rotatable bonds is 3. The standard InChI is InChI=1S/C14H11N3O3/c18-8-9-6-15-14(16-7-9)20-11-2-3-12-10(5-11)1-4-13(19)17-12/h2-3,5-8H,1,4H2,(H,17,19). The molecule has 2 aromatic rings. The first-order valence-corrected chi connectivity index (χ1v) is 6.12.